The van der Waals surface area contributed by atoms with Crippen LogP contribution >= 0.6 is 0 Å². The van der Waals surface area contributed by atoms with Crippen LogP contribution in [0.25, 0.3) is 0 Å². The van der Waals surface area contributed by atoms with E-state index in [0.29, 0.717) is 19.7 Å². The number of carbonyl (C=O) groups is 1. The summed E-state index contributed by atoms with van der Waals surface area (Å²) in [4.78, 5) is 14.2. The Morgan fingerprint density at radius 1 is 1.38 bits per heavy atom. The molecular formula is C16H25N3O2. The van der Waals surface area contributed by atoms with Crippen molar-refractivity contribution in [3.05, 3.63) is 29.8 Å². The predicted molar refractivity (Wildman–Crippen MR) is 83.4 cm³/mol. The van der Waals surface area contributed by atoms with Crippen molar-refractivity contribution in [2.45, 2.75) is 19.9 Å². The molecule has 2 rings (SSSR count). The normalized spacial score (nSPS) is 16.2. The van der Waals surface area contributed by atoms with E-state index in [9.17, 15) is 4.79 Å². The Bertz CT molecular complexity index is 443. The third-order valence-electron chi connectivity index (χ3n) is 3.50. The van der Waals surface area contributed by atoms with Gasteiger partial charge in [0.05, 0.1) is 13.2 Å². The summed E-state index contributed by atoms with van der Waals surface area (Å²) >= 11 is 0. The summed E-state index contributed by atoms with van der Waals surface area (Å²) in [5.74, 6) is 0.932. The topological polar surface area (TPSA) is 53.6 Å². The van der Waals surface area contributed by atoms with E-state index >= 15 is 0 Å². The molecule has 1 aliphatic heterocycles. The van der Waals surface area contributed by atoms with E-state index < -0.39 is 0 Å². The number of amides is 1. The fourth-order valence-electron chi connectivity index (χ4n) is 2.43. The van der Waals surface area contributed by atoms with Gasteiger partial charge in [0, 0.05) is 19.6 Å². The van der Waals surface area contributed by atoms with Gasteiger partial charge >= 0.3 is 0 Å². The van der Waals surface area contributed by atoms with Crippen LogP contribution in [0.1, 0.15) is 18.9 Å². The standard InChI is InChI=1S/C16H25N3O2/c1-2-21-15-6-3-5-14(11-15)12-18-16(20)13-19-9-4-7-17-8-10-19/h3,5-6,11,17H,2,4,7-10,12-13H2,1H3,(H,18,20). The van der Waals surface area contributed by atoms with Gasteiger partial charge in [-0.15, -0.1) is 0 Å². The zero-order chi connectivity index (χ0) is 14.9. The SMILES string of the molecule is CCOc1cccc(CNC(=O)CN2CCCNCC2)c1. The highest BCUT2D eigenvalue weighted by molar-refractivity contribution is 5.78. The maximum absolute atomic E-state index is 12.0. The van der Waals surface area contributed by atoms with Gasteiger partial charge in [-0.2, -0.15) is 0 Å². The lowest BCUT2D eigenvalue weighted by atomic mass is 10.2. The van der Waals surface area contributed by atoms with Gasteiger partial charge in [-0.25, -0.2) is 0 Å². The van der Waals surface area contributed by atoms with E-state index in [4.69, 9.17) is 4.74 Å². The number of carbonyl (C=O) groups excluding carboxylic acids is 1. The van der Waals surface area contributed by atoms with Crippen molar-refractivity contribution in [1.82, 2.24) is 15.5 Å². The molecule has 0 spiro atoms. The first-order chi connectivity index (χ1) is 10.3. The molecule has 5 nitrogen and oxygen atoms in total. The van der Waals surface area contributed by atoms with Crippen molar-refractivity contribution in [2.24, 2.45) is 0 Å². The van der Waals surface area contributed by atoms with Crippen LogP contribution in [0.5, 0.6) is 5.75 Å². The minimum atomic E-state index is 0.0821. The van der Waals surface area contributed by atoms with Crippen LogP contribution in [-0.4, -0.2) is 50.1 Å². The molecular weight excluding hydrogens is 266 g/mol. The van der Waals surface area contributed by atoms with Crippen LogP contribution in [0.15, 0.2) is 24.3 Å². The van der Waals surface area contributed by atoms with Gasteiger partial charge in [0.15, 0.2) is 0 Å². The van der Waals surface area contributed by atoms with E-state index in [-0.39, 0.29) is 5.91 Å². The van der Waals surface area contributed by atoms with Gasteiger partial charge in [-0.3, -0.25) is 9.69 Å². The molecule has 0 saturated carbocycles. The summed E-state index contributed by atoms with van der Waals surface area (Å²) in [5, 5.41) is 6.32. The summed E-state index contributed by atoms with van der Waals surface area (Å²) in [7, 11) is 0. The number of nitrogens with zero attached hydrogens (tertiary/aromatic N) is 1. The number of benzene rings is 1. The van der Waals surface area contributed by atoms with E-state index in [1.54, 1.807) is 0 Å². The third-order valence-corrected chi connectivity index (χ3v) is 3.50. The molecule has 1 aliphatic rings. The second kappa shape index (κ2) is 8.64. The summed E-state index contributed by atoms with van der Waals surface area (Å²) in [6.45, 7) is 7.57. The van der Waals surface area contributed by atoms with Crippen molar-refractivity contribution in [3.8, 4) is 5.75 Å². The number of hydrogen-bond acceptors (Lipinski definition) is 4. The zero-order valence-electron chi connectivity index (χ0n) is 12.7. The van der Waals surface area contributed by atoms with Crippen LogP contribution in [-0.2, 0) is 11.3 Å². The van der Waals surface area contributed by atoms with E-state index in [1.165, 1.54) is 0 Å². The lowest BCUT2D eigenvalue weighted by molar-refractivity contribution is -0.122. The highest BCUT2D eigenvalue weighted by Gasteiger charge is 2.12. The van der Waals surface area contributed by atoms with Crippen molar-refractivity contribution < 1.29 is 9.53 Å². The smallest absolute Gasteiger partial charge is 0.234 e. The molecule has 0 unspecified atom stereocenters. The lowest BCUT2D eigenvalue weighted by Gasteiger charge is -2.18. The summed E-state index contributed by atoms with van der Waals surface area (Å²) in [6, 6.07) is 7.85. The van der Waals surface area contributed by atoms with E-state index in [0.717, 1.165) is 43.9 Å². The molecule has 5 heteroatoms. The van der Waals surface area contributed by atoms with Gasteiger partial charge in [-0.1, -0.05) is 12.1 Å². The Morgan fingerprint density at radius 3 is 3.14 bits per heavy atom. The van der Waals surface area contributed by atoms with Crippen LogP contribution in [0, 0.1) is 0 Å². The number of ether oxygens (including phenoxy) is 1. The Morgan fingerprint density at radius 2 is 2.29 bits per heavy atom. The number of hydrogen-bond donors (Lipinski definition) is 2. The Hall–Kier alpha value is -1.59. The van der Waals surface area contributed by atoms with Crippen LogP contribution in [0.2, 0.25) is 0 Å². The average Bonchev–Trinajstić information content (AvgIpc) is 2.75. The number of rotatable bonds is 6. The van der Waals surface area contributed by atoms with Gasteiger partial charge < -0.3 is 15.4 Å². The van der Waals surface area contributed by atoms with Gasteiger partial charge in [0.25, 0.3) is 0 Å². The van der Waals surface area contributed by atoms with Gasteiger partial charge in [0.2, 0.25) is 5.91 Å². The van der Waals surface area contributed by atoms with Gasteiger partial charge in [-0.05, 0) is 44.1 Å². The molecule has 0 atom stereocenters. The molecule has 116 valence electrons. The lowest BCUT2D eigenvalue weighted by Crippen LogP contribution is -2.38. The second-order valence-corrected chi connectivity index (χ2v) is 5.24. The molecule has 1 aromatic rings. The molecule has 1 heterocycles. The summed E-state index contributed by atoms with van der Waals surface area (Å²) in [6.07, 6.45) is 1.10. The first-order valence-electron chi connectivity index (χ1n) is 7.69. The first kappa shape index (κ1) is 15.8. The van der Waals surface area contributed by atoms with Crippen LogP contribution < -0.4 is 15.4 Å². The maximum atomic E-state index is 12.0. The Balaban J connectivity index is 1.76. The zero-order valence-corrected chi connectivity index (χ0v) is 12.7. The monoisotopic (exact) mass is 291 g/mol. The van der Waals surface area contributed by atoms with E-state index in [1.807, 2.05) is 31.2 Å². The fourth-order valence-corrected chi connectivity index (χ4v) is 2.43. The highest BCUT2D eigenvalue weighted by atomic mass is 16.5. The molecule has 0 aliphatic carbocycles. The number of nitrogens with one attached hydrogen (secondary N) is 2. The molecule has 0 radical (unpaired) electrons. The Kier molecular flexibility index (Phi) is 6.50. The molecule has 1 saturated heterocycles. The van der Waals surface area contributed by atoms with Crippen molar-refractivity contribution in [3.63, 3.8) is 0 Å². The molecule has 2 N–H and O–H groups in total. The minimum absolute atomic E-state index is 0.0821. The molecule has 0 bridgehead atoms. The fraction of sp³-hybridized carbons (Fsp3) is 0.562. The molecule has 1 aromatic carbocycles. The minimum Gasteiger partial charge on any atom is -0.494 e. The quantitative estimate of drug-likeness (QED) is 0.821. The molecule has 21 heavy (non-hydrogen) atoms. The molecule has 1 amide bonds. The predicted octanol–water partition coefficient (Wildman–Crippen LogP) is 0.997. The molecule has 1 fully saturated rings. The molecule has 0 aromatic heterocycles. The first-order valence-corrected chi connectivity index (χ1v) is 7.69. The van der Waals surface area contributed by atoms with Crippen LogP contribution in [0.4, 0.5) is 0 Å². The van der Waals surface area contributed by atoms with Crippen molar-refractivity contribution in [1.29, 1.82) is 0 Å². The summed E-state index contributed by atoms with van der Waals surface area (Å²) < 4.78 is 5.46. The van der Waals surface area contributed by atoms with Gasteiger partial charge in [0.1, 0.15) is 5.75 Å². The van der Waals surface area contributed by atoms with Crippen molar-refractivity contribution in [2.75, 3.05) is 39.3 Å². The average molecular weight is 291 g/mol. The highest BCUT2D eigenvalue weighted by Crippen LogP contribution is 2.12. The maximum Gasteiger partial charge on any atom is 0.234 e. The van der Waals surface area contributed by atoms with Crippen molar-refractivity contribution >= 4 is 5.91 Å². The second-order valence-electron chi connectivity index (χ2n) is 5.24. The van der Waals surface area contributed by atoms with Crippen LogP contribution in [0.3, 0.4) is 0 Å². The van der Waals surface area contributed by atoms with E-state index in [2.05, 4.69) is 15.5 Å². The third kappa shape index (κ3) is 5.73. The largest absolute Gasteiger partial charge is 0.494 e. The summed E-state index contributed by atoms with van der Waals surface area (Å²) in [5.41, 5.74) is 1.06. The Labute approximate surface area is 126 Å².